The summed E-state index contributed by atoms with van der Waals surface area (Å²) in [7, 11) is 0. The molecule has 6 nitrogen and oxygen atoms in total. The summed E-state index contributed by atoms with van der Waals surface area (Å²) in [5.74, 6) is -2.10. The second-order valence-corrected chi connectivity index (χ2v) is 5.21. The van der Waals surface area contributed by atoms with Gasteiger partial charge in [-0.1, -0.05) is 0 Å². The zero-order valence-corrected chi connectivity index (χ0v) is 11.6. The fourth-order valence-corrected chi connectivity index (χ4v) is 2.62. The number of carbonyl (C=O) groups is 1. The fourth-order valence-electron chi connectivity index (χ4n) is 2.62. The van der Waals surface area contributed by atoms with Gasteiger partial charge in [-0.3, -0.25) is 0 Å². The minimum Gasteiger partial charge on any atom is -0.475 e. The molecule has 3 atom stereocenters. The molecule has 1 aromatic rings. The van der Waals surface area contributed by atoms with Crippen LogP contribution in [0, 0.1) is 0 Å². The molecule has 1 unspecified atom stereocenters. The Hall–Kier alpha value is -1.90. The van der Waals surface area contributed by atoms with E-state index in [0.717, 1.165) is 12.8 Å². The molecular formula is C13H16F3N3O3. The van der Waals surface area contributed by atoms with Crippen molar-refractivity contribution in [3.63, 3.8) is 0 Å². The Labute approximate surface area is 124 Å². The summed E-state index contributed by atoms with van der Waals surface area (Å²) in [5.41, 5.74) is 0. The van der Waals surface area contributed by atoms with Crippen molar-refractivity contribution >= 4 is 5.97 Å². The Morgan fingerprint density at radius 1 is 1.32 bits per heavy atom. The zero-order valence-electron chi connectivity index (χ0n) is 11.6. The van der Waals surface area contributed by atoms with Gasteiger partial charge in [0, 0.05) is 24.3 Å². The number of nitrogens with zero attached hydrogens (tertiary/aromatic N) is 2. The molecule has 2 fully saturated rings. The highest BCUT2D eigenvalue weighted by molar-refractivity contribution is 5.73. The average molecular weight is 319 g/mol. The van der Waals surface area contributed by atoms with Gasteiger partial charge in [-0.2, -0.15) is 18.3 Å². The molecule has 0 spiro atoms. The predicted octanol–water partition coefficient (Wildman–Crippen LogP) is 1.77. The maximum atomic E-state index is 10.6. The number of hydrogen-bond donors (Lipinski definition) is 2. The molecule has 0 aromatic carbocycles. The van der Waals surface area contributed by atoms with Crippen LogP contribution in [0.4, 0.5) is 13.2 Å². The van der Waals surface area contributed by atoms with Crippen LogP contribution in [0.25, 0.3) is 0 Å². The molecule has 0 radical (unpaired) electrons. The van der Waals surface area contributed by atoms with Crippen molar-refractivity contribution in [1.29, 1.82) is 0 Å². The van der Waals surface area contributed by atoms with Gasteiger partial charge in [0.15, 0.2) is 0 Å². The summed E-state index contributed by atoms with van der Waals surface area (Å²) in [5, 5.41) is 18.5. The number of ether oxygens (including phenoxy) is 1. The minimum absolute atomic E-state index is 0.320. The quantitative estimate of drug-likeness (QED) is 0.864. The summed E-state index contributed by atoms with van der Waals surface area (Å²) >= 11 is 0. The lowest BCUT2D eigenvalue weighted by molar-refractivity contribution is -0.192. The molecule has 9 heteroatoms. The van der Waals surface area contributed by atoms with Crippen LogP contribution < -0.4 is 10.1 Å². The van der Waals surface area contributed by atoms with E-state index in [-0.39, 0.29) is 0 Å². The third-order valence-electron chi connectivity index (χ3n) is 3.51. The number of piperidine rings is 1. The smallest absolute Gasteiger partial charge is 0.475 e. The molecule has 0 saturated carbocycles. The van der Waals surface area contributed by atoms with E-state index in [2.05, 4.69) is 15.5 Å². The summed E-state index contributed by atoms with van der Waals surface area (Å²) in [4.78, 5) is 8.90. The Morgan fingerprint density at radius 3 is 2.36 bits per heavy atom. The summed E-state index contributed by atoms with van der Waals surface area (Å²) < 4.78 is 37.6. The largest absolute Gasteiger partial charge is 0.490 e. The molecule has 0 aliphatic carbocycles. The van der Waals surface area contributed by atoms with E-state index in [4.69, 9.17) is 14.6 Å². The topological polar surface area (TPSA) is 84.3 Å². The molecule has 2 aliphatic rings. The van der Waals surface area contributed by atoms with E-state index in [1.54, 1.807) is 6.20 Å². The van der Waals surface area contributed by atoms with Crippen LogP contribution in [0.1, 0.15) is 25.7 Å². The molecular weight excluding hydrogens is 303 g/mol. The molecule has 2 bridgehead atoms. The number of halogens is 3. The number of carboxylic acid groups (broad SMARTS) is 1. The number of alkyl halides is 3. The van der Waals surface area contributed by atoms with Crippen molar-refractivity contribution in [1.82, 2.24) is 15.5 Å². The number of aromatic nitrogens is 2. The first-order valence-electron chi connectivity index (χ1n) is 6.85. The summed E-state index contributed by atoms with van der Waals surface area (Å²) in [6, 6.07) is 5.05. The van der Waals surface area contributed by atoms with Gasteiger partial charge in [0.1, 0.15) is 6.10 Å². The number of carboxylic acids is 1. The van der Waals surface area contributed by atoms with Crippen molar-refractivity contribution in [2.24, 2.45) is 0 Å². The summed E-state index contributed by atoms with van der Waals surface area (Å²) in [6.07, 6.45) is 1.70. The number of fused-ring (bicyclic) bond motifs is 2. The first-order chi connectivity index (χ1) is 10.3. The van der Waals surface area contributed by atoms with Crippen LogP contribution in [0.5, 0.6) is 5.88 Å². The third-order valence-corrected chi connectivity index (χ3v) is 3.51. The van der Waals surface area contributed by atoms with Crippen molar-refractivity contribution in [3.8, 4) is 5.88 Å². The highest BCUT2D eigenvalue weighted by Gasteiger charge is 2.38. The standard InChI is InChI=1S/C11H15N3O.C2HF3O2/c1-2-11(14-12-5-1)15-10-6-8-3-4-9(7-10)13-8;3-2(4,5)1(6)7/h1-2,5,8-10,13H,3-4,6-7H2;(H,6,7)/t8-,9+,10?;. The van der Waals surface area contributed by atoms with Gasteiger partial charge >= 0.3 is 12.1 Å². The maximum Gasteiger partial charge on any atom is 0.490 e. The monoisotopic (exact) mass is 319 g/mol. The molecule has 2 saturated heterocycles. The first-order valence-corrected chi connectivity index (χ1v) is 6.85. The van der Waals surface area contributed by atoms with Crippen molar-refractivity contribution in [2.75, 3.05) is 0 Å². The highest BCUT2D eigenvalue weighted by atomic mass is 19.4. The maximum absolute atomic E-state index is 10.6. The van der Waals surface area contributed by atoms with Crippen LogP contribution in [-0.2, 0) is 4.79 Å². The number of nitrogens with one attached hydrogen (secondary N) is 1. The average Bonchev–Trinajstić information content (AvgIpc) is 2.79. The summed E-state index contributed by atoms with van der Waals surface area (Å²) in [6.45, 7) is 0. The predicted molar refractivity (Wildman–Crippen MR) is 69.3 cm³/mol. The number of rotatable bonds is 2. The number of aliphatic carboxylic acids is 1. The molecule has 3 heterocycles. The SMILES string of the molecule is O=C(O)C(F)(F)F.c1cnnc(OC2C[C@H]3CC[C@@H](C2)N3)c1. The lowest BCUT2D eigenvalue weighted by Gasteiger charge is -2.28. The van der Waals surface area contributed by atoms with Crippen LogP contribution in [0.15, 0.2) is 18.3 Å². The molecule has 0 amide bonds. The van der Waals surface area contributed by atoms with Gasteiger partial charge < -0.3 is 15.2 Å². The Morgan fingerprint density at radius 2 is 1.91 bits per heavy atom. The molecule has 122 valence electrons. The Bertz CT molecular complexity index is 486. The molecule has 2 aliphatic heterocycles. The van der Waals surface area contributed by atoms with Gasteiger partial charge in [-0.25, -0.2) is 4.79 Å². The normalized spacial score (nSPS) is 26.8. The van der Waals surface area contributed by atoms with E-state index in [9.17, 15) is 13.2 Å². The van der Waals surface area contributed by atoms with E-state index in [0.29, 0.717) is 24.1 Å². The van der Waals surface area contributed by atoms with Crippen molar-refractivity contribution in [3.05, 3.63) is 18.3 Å². The lowest BCUT2D eigenvalue weighted by Crippen LogP contribution is -2.42. The van der Waals surface area contributed by atoms with Crippen molar-refractivity contribution < 1.29 is 27.8 Å². The second-order valence-electron chi connectivity index (χ2n) is 5.21. The highest BCUT2D eigenvalue weighted by Crippen LogP contribution is 2.28. The van der Waals surface area contributed by atoms with Gasteiger partial charge in [0.05, 0.1) is 0 Å². The minimum atomic E-state index is -5.08. The van der Waals surface area contributed by atoms with Gasteiger partial charge in [-0.05, 0) is 31.7 Å². The first kappa shape index (κ1) is 16.5. The van der Waals surface area contributed by atoms with Gasteiger partial charge in [-0.15, -0.1) is 5.10 Å². The van der Waals surface area contributed by atoms with E-state index in [1.165, 1.54) is 12.8 Å². The zero-order chi connectivity index (χ0) is 16.2. The number of hydrogen-bond acceptors (Lipinski definition) is 5. The van der Waals surface area contributed by atoms with Crippen LogP contribution in [-0.4, -0.2) is 45.6 Å². The molecule has 22 heavy (non-hydrogen) atoms. The Balaban J connectivity index is 0.000000217. The van der Waals surface area contributed by atoms with Gasteiger partial charge in [0.25, 0.3) is 0 Å². The second kappa shape index (κ2) is 6.91. The Kier molecular flexibility index (Phi) is 5.17. The molecule has 3 rings (SSSR count). The van der Waals surface area contributed by atoms with Crippen LogP contribution in [0.3, 0.4) is 0 Å². The lowest BCUT2D eigenvalue weighted by atomic mass is 10.0. The molecule has 2 N–H and O–H groups in total. The van der Waals surface area contributed by atoms with Crippen LogP contribution in [0.2, 0.25) is 0 Å². The molecule has 1 aromatic heterocycles. The van der Waals surface area contributed by atoms with Crippen LogP contribution >= 0.6 is 0 Å². The van der Waals surface area contributed by atoms with E-state index < -0.39 is 12.1 Å². The van der Waals surface area contributed by atoms with E-state index in [1.807, 2.05) is 12.1 Å². The third kappa shape index (κ3) is 4.83. The van der Waals surface area contributed by atoms with E-state index >= 15 is 0 Å². The van der Waals surface area contributed by atoms with Gasteiger partial charge in [0.2, 0.25) is 5.88 Å². The fraction of sp³-hybridized carbons (Fsp3) is 0.615. The van der Waals surface area contributed by atoms with Crippen molar-refractivity contribution in [2.45, 2.75) is 50.0 Å².